The van der Waals surface area contributed by atoms with Crippen molar-refractivity contribution >= 4 is 11.8 Å². The molecule has 4 saturated carbocycles. The second-order valence-electron chi connectivity index (χ2n) is 12.9. The maximum atomic E-state index is 13.8. The van der Waals surface area contributed by atoms with Gasteiger partial charge in [0.15, 0.2) is 5.78 Å². The van der Waals surface area contributed by atoms with Gasteiger partial charge in [-0.2, -0.15) is 0 Å². The Hall–Kier alpha value is -1.16. The maximum Gasteiger partial charge on any atom is 0.306 e. The molecule has 5 aliphatic rings. The summed E-state index contributed by atoms with van der Waals surface area (Å²) < 4.78 is 0. The Bertz CT molecular complexity index is 828. The first kappa shape index (κ1) is 32.1. The summed E-state index contributed by atoms with van der Waals surface area (Å²) in [6, 6.07) is 0. The fraction of sp³-hybridized carbons (Fsp3) is 0.879. The molecular weight excluding hydrogens is 460 g/mol. The van der Waals surface area contributed by atoms with Crippen LogP contribution in [-0.2, 0) is 9.59 Å². The van der Waals surface area contributed by atoms with Gasteiger partial charge in [-0.05, 0) is 104 Å². The molecule has 4 heteroatoms. The van der Waals surface area contributed by atoms with E-state index in [-0.39, 0.29) is 40.1 Å². The number of hydrogen-bond acceptors (Lipinski definition) is 3. The van der Waals surface area contributed by atoms with Gasteiger partial charge in [0.25, 0.3) is 0 Å². The van der Waals surface area contributed by atoms with Crippen LogP contribution in [0.5, 0.6) is 0 Å². The van der Waals surface area contributed by atoms with Gasteiger partial charge in [0.2, 0.25) is 0 Å². The second-order valence-corrected chi connectivity index (χ2v) is 12.9. The third kappa shape index (κ3) is 5.35. The van der Waals surface area contributed by atoms with Crippen LogP contribution in [-0.4, -0.2) is 28.1 Å². The molecule has 0 aromatic heterocycles. The van der Waals surface area contributed by atoms with Crippen molar-refractivity contribution in [2.45, 2.75) is 133 Å². The first-order chi connectivity index (χ1) is 17.5. The molecule has 0 aromatic rings. The monoisotopic (exact) mass is 518 g/mol. The number of fused-ring (bicyclic) bond motifs is 7. The molecule has 0 saturated heterocycles. The Labute approximate surface area is 228 Å². The molecule has 2 N–H and O–H groups in total. The Morgan fingerprint density at radius 2 is 1.46 bits per heavy atom. The van der Waals surface area contributed by atoms with E-state index in [9.17, 15) is 19.8 Å². The predicted molar refractivity (Wildman–Crippen MR) is 153 cm³/mol. The number of hydrogen-bond donors (Lipinski definition) is 2. The van der Waals surface area contributed by atoms with E-state index in [0.29, 0.717) is 30.0 Å². The SMILES string of the molecule is CC.CC.CC.CC1(C)C2CCC3C4CC[C@@]5(C)CC[C@H](C(=O)O)C[C@H]5C4=CC(=O)C3[C@@]2(C)CC[C@@H]1O. The molecule has 0 aromatic carbocycles. The summed E-state index contributed by atoms with van der Waals surface area (Å²) >= 11 is 0. The summed E-state index contributed by atoms with van der Waals surface area (Å²) in [5.74, 6) is 0.910. The molecule has 4 fully saturated rings. The highest BCUT2D eigenvalue weighted by Crippen LogP contribution is 2.66. The van der Waals surface area contributed by atoms with Crippen LogP contribution in [0, 0.1) is 51.8 Å². The minimum absolute atomic E-state index is 0.0400. The van der Waals surface area contributed by atoms with E-state index in [1.807, 2.05) is 47.6 Å². The summed E-state index contributed by atoms with van der Waals surface area (Å²) in [6.07, 6.45) is 10.4. The lowest BCUT2D eigenvalue weighted by molar-refractivity contribution is -0.168. The quantitative estimate of drug-likeness (QED) is 0.366. The average molecular weight is 519 g/mol. The number of carboxylic acid groups (broad SMARTS) is 1. The zero-order valence-electron chi connectivity index (χ0n) is 25.7. The normalized spacial score (nSPS) is 43.2. The number of carboxylic acids is 1. The van der Waals surface area contributed by atoms with Crippen molar-refractivity contribution in [2.24, 2.45) is 51.8 Å². The lowest BCUT2D eigenvalue weighted by Gasteiger charge is -2.63. The minimum atomic E-state index is -0.666. The van der Waals surface area contributed by atoms with Crippen LogP contribution in [0.25, 0.3) is 0 Å². The minimum Gasteiger partial charge on any atom is -0.481 e. The molecule has 0 amide bonds. The number of carbonyl (C=O) groups excluding carboxylic acids is 1. The number of allylic oxidation sites excluding steroid dienone is 2. The Kier molecular flexibility index (Phi) is 10.7. The van der Waals surface area contributed by atoms with Crippen molar-refractivity contribution in [3.63, 3.8) is 0 Å². The lowest BCUT2D eigenvalue weighted by Crippen LogP contribution is -2.60. The predicted octanol–water partition coefficient (Wildman–Crippen LogP) is 8.32. The van der Waals surface area contributed by atoms with E-state index in [0.717, 1.165) is 51.4 Å². The molecule has 4 unspecified atom stereocenters. The highest BCUT2D eigenvalue weighted by Gasteiger charge is 2.62. The zero-order chi connectivity index (χ0) is 28.3. The van der Waals surface area contributed by atoms with E-state index in [2.05, 4.69) is 27.7 Å². The molecular formula is C33H58O4. The molecule has 37 heavy (non-hydrogen) atoms. The van der Waals surface area contributed by atoms with Gasteiger partial charge in [0, 0.05) is 5.92 Å². The molecule has 0 aliphatic heterocycles. The molecule has 5 rings (SSSR count). The topological polar surface area (TPSA) is 74.6 Å². The van der Waals surface area contributed by atoms with Crippen LogP contribution in [0.1, 0.15) is 127 Å². The number of aliphatic hydroxyl groups is 1. The van der Waals surface area contributed by atoms with Crippen molar-refractivity contribution in [1.82, 2.24) is 0 Å². The maximum absolute atomic E-state index is 13.8. The Morgan fingerprint density at radius 1 is 0.865 bits per heavy atom. The standard InChI is InChI=1S/C27H40O4.3C2H6/c1-25(2)21-6-5-17-16-8-11-26(3)10-7-15(24(30)31)13-19(26)18(16)14-20(28)23(17)27(21,4)12-9-22(25)29;3*1-2/h14-17,19,21-23,29H,5-13H2,1-4H3,(H,30,31);3*1-2H3/t15-,16?,17?,19-,21?,22-,23?,26+,27-;;;/m0.../s1. The van der Waals surface area contributed by atoms with Gasteiger partial charge in [-0.1, -0.05) is 74.8 Å². The van der Waals surface area contributed by atoms with Gasteiger partial charge < -0.3 is 10.2 Å². The van der Waals surface area contributed by atoms with Crippen molar-refractivity contribution < 1.29 is 19.8 Å². The third-order valence-corrected chi connectivity index (χ3v) is 11.2. The molecule has 0 radical (unpaired) electrons. The molecule has 9 atom stereocenters. The van der Waals surface area contributed by atoms with Crippen LogP contribution in [0.4, 0.5) is 0 Å². The fourth-order valence-electron chi connectivity index (χ4n) is 9.39. The lowest BCUT2D eigenvalue weighted by atomic mass is 9.41. The van der Waals surface area contributed by atoms with E-state index < -0.39 is 5.97 Å². The summed E-state index contributed by atoms with van der Waals surface area (Å²) in [7, 11) is 0. The van der Waals surface area contributed by atoms with E-state index in [1.165, 1.54) is 5.57 Å². The van der Waals surface area contributed by atoms with Gasteiger partial charge in [-0.3, -0.25) is 9.59 Å². The van der Waals surface area contributed by atoms with E-state index >= 15 is 0 Å². The second kappa shape index (κ2) is 12.3. The van der Waals surface area contributed by atoms with Crippen LogP contribution < -0.4 is 0 Å². The van der Waals surface area contributed by atoms with Gasteiger partial charge in [0.1, 0.15) is 0 Å². The molecule has 0 spiro atoms. The zero-order valence-corrected chi connectivity index (χ0v) is 25.7. The van der Waals surface area contributed by atoms with Gasteiger partial charge in [-0.15, -0.1) is 0 Å². The molecule has 0 heterocycles. The molecule has 5 aliphatic carbocycles. The largest absolute Gasteiger partial charge is 0.481 e. The van der Waals surface area contributed by atoms with E-state index in [4.69, 9.17) is 0 Å². The van der Waals surface area contributed by atoms with Crippen molar-refractivity contribution in [2.75, 3.05) is 0 Å². The first-order valence-electron chi connectivity index (χ1n) is 15.7. The number of aliphatic hydroxyl groups excluding tert-OH is 1. The van der Waals surface area contributed by atoms with Crippen LogP contribution in [0.15, 0.2) is 11.6 Å². The van der Waals surface area contributed by atoms with Gasteiger partial charge in [-0.25, -0.2) is 0 Å². The van der Waals surface area contributed by atoms with Gasteiger partial charge in [0.05, 0.1) is 12.0 Å². The van der Waals surface area contributed by atoms with Crippen molar-refractivity contribution in [3.05, 3.63) is 11.6 Å². The number of rotatable bonds is 1. The first-order valence-corrected chi connectivity index (χ1v) is 15.7. The number of carbonyl (C=O) groups is 2. The summed E-state index contributed by atoms with van der Waals surface area (Å²) in [6.45, 7) is 21.1. The summed E-state index contributed by atoms with van der Waals surface area (Å²) in [5.41, 5.74) is 1.27. The summed E-state index contributed by atoms with van der Waals surface area (Å²) in [5, 5.41) is 20.4. The smallest absolute Gasteiger partial charge is 0.306 e. The van der Waals surface area contributed by atoms with Crippen LogP contribution in [0.2, 0.25) is 0 Å². The third-order valence-electron chi connectivity index (χ3n) is 11.2. The molecule has 0 bridgehead atoms. The Morgan fingerprint density at radius 3 is 2.05 bits per heavy atom. The van der Waals surface area contributed by atoms with Crippen molar-refractivity contribution in [3.8, 4) is 0 Å². The van der Waals surface area contributed by atoms with E-state index in [1.54, 1.807) is 0 Å². The molecule has 214 valence electrons. The Balaban J connectivity index is 0.000000750. The highest BCUT2D eigenvalue weighted by molar-refractivity contribution is 5.94. The van der Waals surface area contributed by atoms with Crippen LogP contribution in [0.3, 0.4) is 0 Å². The highest BCUT2D eigenvalue weighted by atomic mass is 16.4. The van der Waals surface area contributed by atoms with Crippen molar-refractivity contribution in [1.29, 1.82) is 0 Å². The number of ketones is 1. The summed E-state index contributed by atoms with van der Waals surface area (Å²) in [4.78, 5) is 25.5. The average Bonchev–Trinajstić information content (AvgIpc) is 2.89. The molecule has 4 nitrogen and oxygen atoms in total. The number of aliphatic carboxylic acids is 1. The van der Waals surface area contributed by atoms with Gasteiger partial charge >= 0.3 is 5.97 Å². The van der Waals surface area contributed by atoms with Crippen LogP contribution >= 0.6 is 0 Å². The fourth-order valence-corrected chi connectivity index (χ4v) is 9.39.